The summed E-state index contributed by atoms with van der Waals surface area (Å²) in [5.74, 6) is 0.0149. The Morgan fingerprint density at radius 3 is 3.00 bits per heavy atom. The number of hydrogen-bond acceptors (Lipinski definition) is 6. The van der Waals surface area contributed by atoms with Crippen LogP contribution in [0.1, 0.15) is 18.5 Å². The molecule has 0 saturated carbocycles. The smallest absolute Gasteiger partial charge is 0.233 e. The summed E-state index contributed by atoms with van der Waals surface area (Å²) in [5, 5.41) is 9.13. The molecular formula is C14H24N4O2S. The fourth-order valence-electron chi connectivity index (χ4n) is 2.23. The molecule has 1 aliphatic heterocycles. The van der Waals surface area contributed by atoms with Crippen LogP contribution >= 0.6 is 11.3 Å². The van der Waals surface area contributed by atoms with E-state index in [1.54, 1.807) is 18.4 Å². The number of methoxy groups -OCH3 is 1. The lowest BCUT2D eigenvalue weighted by atomic mass is 10.3. The van der Waals surface area contributed by atoms with Gasteiger partial charge in [-0.15, -0.1) is 11.3 Å². The van der Waals surface area contributed by atoms with Crippen molar-refractivity contribution in [3.05, 3.63) is 11.1 Å². The molecule has 6 nitrogen and oxygen atoms in total. The average molecular weight is 312 g/mol. The Labute approximate surface area is 129 Å². The maximum Gasteiger partial charge on any atom is 0.233 e. The molecule has 2 heterocycles. The van der Waals surface area contributed by atoms with Gasteiger partial charge < -0.3 is 20.3 Å². The predicted octanol–water partition coefficient (Wildman–Crippen LogP) is 0.638. The number of carbonyl (C=O) groups excluding carboxylic acids is 1. The normalized spacial score (nSPS) is 14.6. The molecule has 118 valence electrons. The van der Waals surface area contributed by atoms with E-state index < -0.39 is 0 Å². The zero-order chi connectivity index (χ0) is 14.9. The molecule has 0 atom stereocenters. The van der Waals surface area contributed by atoms with E-state index in [1.165, 1.54) is 12.8 Å². The summed E-state index contributed by atoms with van der Waals surface area (Å²) in [6.07, 6.45) is 3.32. The van der Waals surface area contributed by atoms with Crippen LogP contribution < -0.4 is 15.5 Å². The number of aromatic nitrogens is 1. The molecule has 0 aromatic carbocycles. The van der Waals surface area contributed by atoms with E-state index in [1.807, 2.05) is 0 Å². The third kappa shape index (κ3) is 5.61. The van der Waals surface area contributed by atoms with Gasteiger partial charge in [0.05, 0.1) is 18.8 Å². The van der Waals surface area contributed by atoms with E-state index in [9.17, 15) is 4.79 Å². The molecule has 1 aliphatic rings. The zero-order valence-corrected chi connectivity index (χ0v) is 13.4. The first-order valence-corrected chi connectivity index (χ1v) is 8.33. The SMILES string of the molecule is COCCNCC(=O)NCCc1csc(N2CCCC2)n1. The Balaban J connectivity index is 1.61. The molecule has 1 aromatic heterocycles. The number of carbonyl (C=O) groups is 1. The summed E-state index contributed by atoms with van der Waals surface area (Å²) >= 11 is 1.70. The van der Waals surface area contributed by atoms with Crippen molar-refractivity contribution in [3.63, 3.8) is 0 Å². The molecule has 0 bridgehead atoms. The number of anilines is 1. The second-order valence-electron chi connectivity index (χ2n) is 5.09. The lowest BCUT2D eigenvalue weighted by molar-refractivity contribution is -0.120. The fraction of sp³-hybridized carbons (Fsp3) is 0.714. The van der Waals surface area contributed by atoms with Gasteiger partial charge in [-0.3, -0.25) is 4.79 Å². The van der Waals surface area contributed by atoms with Gasteiger partial charge in [0, 0.05) is 45.1 Å². The number of ether oxygens (including phenoxy) is 1. The Bertz CT molecular complexity index is 432. The van der Waals surface area contributed by atoms with Crippen LogP contribution in [-0.2, 0) is 16.0 Å². The largest absolute Gasteiger partial charge is 0.383 e. The Hall–Kier alpha value is -1.18. The van der Waals surface area contributed by atoms with E-state index in [0.29, 0.717) is 26.2 Å². The first-order chi connectivity index (χ1) is 10.3. The molecule has 0 unspecified atom stereocenters. The number of hydrogen-bond donors (Lipinski definition) is 2. The summed E-state index contributed by atoms with van der Waals surface area (Å²) in [7, 11) is 1.64. The van der Waals surface area contributed by atoms with Gasteiger partial charge in [-0.25, -0.2) is 4.98 Å². The van der Waals surface area contributed by atoms with Crippen LogP contribution in [0, 0.1) is 0 Å². The van der Waals surface area contributed by atoms with Gasteiger partial charge in [-0.05, 0) is 12.8 Å². The second-order valence-corrected chi connectivity index (χ2v) is 5.92. The number of nitrogens with one attached hydrogen (secondary N) is 2. The Morgan fingerprint density at radius 1 is 1.43 bits per heavy atom. The molecule has 0 spiro atoms. The predicted molar refractivity (Wildman–Crippen MR) is 85.0 cm³/mol. The molecule has 1 saturated heterocycles. The Morgan fingerprint density at radius 2 is 2.24 bits per heavy atom. The van der Waals surface area contributed by atoms with E-state index in [0.717, 1.165) is 30.3 Å². The van der Waals surface area contributed by atoms with Gasteiger partial charge in [-0.1, -0.05) is 0 Å². The molecule has 0 aliphatic carbocycles. The minimum Gasteiger partial charge on any atom is -0.383 e. The van der Waals surface area contributed by atoms with Crippen LogP contribution in [-0.4, -0.2) is 57.3 Å². The highest BCUT2D eigenvalue weighted by Crippen LogP contribution is 2.24. The van der Waals surface area contributed by atoms with Crippen molar-refractivity contribution in [2.45, 2.75) is 19.3 Å². The molecule has 21 heavy (non-hydrogen) atoms. The highest BCUT2D eigenvalue weighted by atomic mass is 32.1. The highest BCUT2D eigenvalue weighted by molar-refractivity contribution is 7.13. The van der Waals surface area contributed by atoms with Crippen molar-refractivity contribution in [3.8, 4) is 0 Å². The van der Waals surface area contributed by atoms with Crippen LogP contribution in [0.15, 0.2) is 5.38 Å². The van der Waals surface area contributed by atoms with E-state index >= 15 is 0 Å². The minimum atomic E-state index is 0.0149. The molecule has 1 fully saturated rings. The monoisotopic (exact) mass is 312 g/mol. The van der Waals surface area contributed by atoms with Crippen molar-refractivity contribution >= 4 is 22.4 Å². The second kappa shape index (κ2) is 8.96. The summed E-state index contributed by atoms with van der Waals surface area (Å²) in [4.78, 5) is 18.5. The zero-order valence-electron chi connectivity index (χ0n) is 12.6. The topological polar surface area (TPSA) is 66.5 Å². The maximum absolute atomic E-state index is 11.6. The maximum atomic E-state index is 11.6. The first kappa shape index (κ1) is 16.2. The van der Waals surface area contributed by atoms with Gasteiger partial charge >= 0.3 is 0 Å². The lowest BCUT2D eigenvalue weighted by Gasteiger charge is -2.12. The molecule has 2 N–H and O–H groups in total. The van der Waals surface area contributed by atoms with Crippen molar-refractivity contribution in [2.24, 2.45) is 0 Å². The van der Waals surface area contributed by atoms with Gasteiger partial charge in [0.15, 0.2) is 5.13 Å². The minimum absolute atomic E-state index is 0.0149. The average Bonchev–Trinajstić information content (AvgIpc) is 3.14. The lowest BCUT2D eigenvalue weighted by Crippen LogP contribution is -2.36. The molecule has 0 radical (unpaired) electrons. The Kier molecular flexibility index (Phi) is 6.91. The van der Waals surface area contributed by atoms with Crippen molar-refractivity contribution in [2.75, 3.05) is 51.3 Å². The van der Waals surface area contributed by atoms with Crippen LogP contribution in [0.25, 0.3) is 0 Å². The summed E-state index contributed by atoms with van der Waals surface area (Å²) in [6.45, 7) is 4.52. The molecule has 7 heteroatoms. The third-order valence-electron chi connectivity index (χ3n) is 3.39. The van der Waals surface area contributed by atoms with Gasteiger partial charge in [0.1, 0.15) is 0 Å². The number of thiazole rings is 1. The number of nitrogens with zero attached hydrogens (tertiary/aromatic N) is 2. The van der Waals surface area contributed by atoms with Gasteiger partial charge in [0.2, 0.25) is 5.91 Å². The van der Waals surface area contributed by atoms with E-state index in [2.05, 4.69) is 25.9 Å². The van der Waals surface area contributed by atoms with Crippen molar-refractivity contribution in [1.82, 2.24) is 15.6 Å². The number of rotatable bonds is 9. The van der Waals surface area contributed by atoms with Crippen LogP contribution in [0.5, 0.6) is 0 Å². The summed E-state index contributed by atoms with van der Waals surface area (Å²) in [6, 6.07) is 0. The van der Waals surface area contributed by atoms with Gasteiger partial charge in [-0.2, -0.15) is 0 Å². The van der Waals surface area contributed by atoms with Crippen LogP contribution in [0.4, 0.5) is 5.13 Å². The molecule has 2 rings (SSSR count). The summed E-state index contributed by atoms with van der Waals surface area (Å²) < 4.78 is 4.90. The van der Waals surface area contributed by atoms with Gasteiger partial charge in [0.25, 0.3) is 0 Å². The first-order valence-electron chi connectivity index (χ1n) is 7.45. The molecule has 1 aromatic rings. The van der Waals surface area contributed by atoms with Crippen molar-refractivity contribution < 1.29 is 9.53 Å². The summed E-state index contributed by atoms with van der Waals surface area (Å²) in [5.41, 5.74) is 1.06. The molecular weight excluding hydrogens is 288 g/mol. The third-order valence-corrected chi connectivity index (χ3v) is 4.34. The standard InChI is InChI=1S/C14H24N4O2S/c1-20-9-6-15-10-13(19)16-5-4-12-11-21-14(17-12)18-7-2-3-8-18/h11,15H,2-10H2,1H3,(H,16,19). The molecule has 1 amide bonds. The van der Waals surface area contributed by atoms with Crippen LogP contribution in [0.3, 0.4) is 0 Å². The number of amides is 1. The fourth-order valence-corrected chi connectivity index (χ4v) is 3.15. The quantitative estimate of drug-likeness (QED) is 0.655. The van der Waals surface area contributed by atoms with Crippen molar-refractivity contribution in [1.29, 1.82) is 0 Å². The van der Waals surface area contributed by atoms with E-state index in [-0.39, 0.29) is 5.91 Å². The van der Waals surface area contributed by atoms with Crippen LogP contribution in [0.2, 0.25) is 0 Å². The van der Waals surface area contributed by atoms with E-state index in [4.69, 9.17) is 4.74 Å². The highest BCUT2D eigenvalue weighted by Gasteiger charge is 2.15.